The molecule has 4 nitrogen and oxygen atoms in total. The molecule has 0 aliphatic heterocycles. The Bertz CT molecular complexity index is 718. The average Bonchev–Trinajstić information content (AvgIpc) is 2.91. The van der Waals surface area contributed by atoms with Gasteiger partial charge in [-0.2, -0.15) is 5.10 Å². The Hall–Kier alpha value is -2.20. The molecule has 1 unspecified atom stereocenters. The van der Waals surface area contributed by atoms with Crippen LogP contribution in [0.5, 0.6) is 0 Å². The molecule has 3 rings (SSSR count). The van der Waals surface area contributed by atoms with E-state index in [1.807, 2.05) is 19.4 Å². The zero-order valence-electron chi connectivity index (χ0n) is 12.5. The Morgan fingerprint density at radius 1 is 1.14 bits per heavy atom. The van der Waals surface area contributed by atoms with Gasteiger partial charge in [0.15, 0.2) is 0 Å². The minimum atomic E-state index is 0.247. The van der Waals surface area contributed by atoms with Crippen LogP contribution in [0.2, 0.25) is 0 Å². The van der Waals surface area contributed by atoms with Gasteiger partial charge in [0, 0.05) is 36.8 Å². The summed E-state index contributed by atoms with van der Waals surface area (Å²) in [5.41, 5.74) is 3.59. The summed E-state index contributed by atoms with van der Waals surface area (Å²) in [6, 6.07) is 12.8. The number of nitrogens with one attached hydrogen (secondary N) is 1. The lowest BCUT2D eigenvalue weighted by Crippen LogP contribution is -2.19. The third-order valence-corrected chi connectivity index (χ3v) is 3.89. The summed E-state index contributed by atoms with van der Waals surface area (Å²) < 4.78 is 2.07. The predicted molar refractivity (Wildman–Crippen MR) is 85.1 cm³/mol. The second kappa shape index (κ2) is 6.06. The first-order valence-electron chi connectivity index (χ1n) is 7.35. The molecule has 4 heteroatoms. The molecule has 1 N–H and O–H groups in total. The number of pyridine rings is 1. The van der Waals surface area contributed by atoms with E-state index in [0.29, 0.717) is 0 Å². The molecule has 21 heavy (non-hydrogen) atoms. The Morgan fingerprint density at radius 3 is 2.62 bits per heavy atom. The first-order chi connectivity index (χ1) is 10.3. The van der Waals surface area contributed by atoms with E-state index in [-0.39, 0.29) is 6.04 Å². The second-order valence-corrected chi connectivity index (χ2v) is 5.11. The lowest BCUT2D eigenvalue weighted by Gasteiger charge is -2.15. The monoisotopic (exact) mass is 280 g/mol. The quantitative estimate of drug-likeness (QED) is 0.781. The maximum atomic E-state index is 4.78. The van der Waals surface area contributed by atoms with Crippen molar-refractivity contribution >= 4 is 10.9 Å². The Kier molecular flexibility index (Phi) is 3.97. The predicted octanol–water partition coefficient (Wildman–Crippen LogP) is 2.95. The molecule has 0 aliphatic carbocycles. The third kappa shape index (κ3) is 2.67. The maximum absolute atomic E-state index is 4.78. The first-order valence-corrected chi connectivity index (χ1v) is 7.35. The molecular formula is C17H20N4. The smallest absolute Gasteiger partial charge is 0.0722 e. The number of hydrogen-bond donors (Lipinski definition) is 1. The van der Waals surface area contributed by atoms with Gasteiger partial charge in [-0.05, 0) is 37.7 Å². The molecule has 0 aliphatic rings. The van der Waals surface area contributed by atoms with E-state index in [4.69, 9.17) is 5.10 Å². The van der Waals surface area contributed by atoms with E-state index >= 15 is 0 Å². The van der Waals surface area contributed by atoms with Crippen LogP contribution in [0, 0.1) is 0 Å². The summed E-state index contributed by atoms with van der Waals surface area (Å²) in [5.74, 6) is 0. The van der Waals surface area contributed by atoms with Crippen molar-refractivity contribution in [1.82, 2.24) is 20.1 Å². The zero-order chi connectivity index (χ0) is 14.7. The highest BCUT2D eigenvalue weighted by Crippen LogP contribution is 2.23. The van der Waals surface area contributed by atoms with Gasteiger partial charge in [-0.25, -0.2) is 0 Å². The summed E-state index contributed by atoms with van der Waals surface area (Å²) in [5, 5.41) is 9.41. The molecule has 108 valence electrons. The summed E-state index contributed by atoms with van der Waals surface area (Å²) in [6.07, 6.45) is 4.54. The molecule has 0 spiro atoms. The fourth-order valence-electron chi connectivity index (χ4n) is 2.76. The van der Waals surface area contributed by atoms with Crippen LogP contribution in [0.1, 0.15) is 24.2 Å². The number of aryl methyl sites for hydroxylation is 1. The summed E-state index contributed by atoms with van der Waals surface area (Å²) in [7, 11) is 1.99. The van der Waals surface area contributed by atoms with Crippen molar-refractivity contribution in [1.29, 1.82) is 0 Å². The summed E-state index contributed by atoms with van der Waals surface area (Å²) in [4.78, 5) is 4.09. The normalized spacial score (nSPS) is 12.7. The molecule has 2 aromatic heterocycles. The minimum absolute atomic E-state index is 0.247. The first kappa shape index (κ1) is 13.8. The number of fused-ring (bicyclic) bond motifs is 1. The Morgan fingerprint density at radius 2 is 1.90 bits per heavy atom. The molecule has 2 heterocycles. The SMILES string of the molecule is CCn1nc(CC(NC)c2ccncc2)c2ccccc21. The standard InChI is InChI=1S/C17H20N4/c1-3-21-17-7-5-4-6-14(17)16(20-21)12-15(18-2)13-8-10-19-11-9-13/h4-11,15,18H,3,12H2,1-2H3. The highest BCUT2D eigenvalue weighted by Gasteiger charge is 2.15. The van der Waals surface area contributed by atoms with Crippen molar-refractivity contribution in [3.8, 4) is 0 Å². The molecule has 0 saturated heterocycles. The van der Waals surface area contributed by atoms with Crippen molar-refractivity contribution in [2.24, 2.45) is 0 Å². The highest BCUT2D eigenvalue weighted by molar-refractivity contribution is 5.82. The van der Waals surface area contributed by atoms with Crippen LogP contribution in [0.3, 0.4) is 0 Å². The number of rotatable bonds is 5. The third-order valence-electron chi connectivity index (χ3n) is 3.89. The lowest BCUT2D eigenvalue weighted by atomic mass is 10.0. The fourth-order valence-corrected chi connectivity index (χ4v) is 2.76. The van der Waals surface area contributed by atoms with Crippen molar-refractivity contribution in [2.45, 2.75) is 25.9 Å². The molecule has 0 amide bonds. The summed E-state index contributed by atoms with van der Waals surface area (Å²) in [6.45, 7) is 3.02. The number of benzene rings is 1. The number of hydrogen-bond acceptors (Lipinski definition) is 3. The zero-order valence-corrected chi connectivity index (χ0v) is 12.5. The van der Waals surface area contributed by atoms with E-state index in [1.165, 1.54) is 16.5 Å². The van der Waals surface area contributed by atoms with Crippen molar-refractivity contribution in [2.75, 3.05) is 7.05 Å². The number of aromatic nitrogens is 3. The van der Waals surface area contributed by atoms with Gasteiger partial charge < -0.3 is 5.32 Å². The second-order valence-electron chi connectivity index (χ2n) is 5.11. The van der Waals surface area contributed by atoms with E-state index in [9.17, 15) is 0 Å². The number of likely N-dealkylation sites (N-methyl/N-ethyl adjacent to an activating group) is 1. The molecule has 1 aromatic carbocycles. The maximum Gasteiger partial charge on any atom is 0.0722 e. The van der Waals surface area contributed by atoms with E-state index in [0.717, 1.165) is 18.7 Å². The van der Waals surface area contributed by atoms with Gasteiger partial charge in [-0.3, -0.25) is 9.67 Å². The van der Waals surface area contributed by atoms with Crippen LogP contribution in [0.15, 0.2) is 48.8 Å². The molecule has 1 atom stereocenters. The van der Waals surface area contributed by atoms with E-state index in [1.54, 1.807) is 0 Å². The van der Waals surface area contributed by atoms with Gasteiger partial charge in [-0.15, -0.1) is 0 Å². The average molecular weight is 280 g/mol. The van der Waals surface area contributed by atoms with Crippen LogP contribution in [0.25, 0.3) is 10.9 Å². The van der Waals surface area contributed by atoms with Gasteiger partial charge in [0.05, 0.1) is 11.2 Å². The molecule has 0 fully saturated rings. The molecular weight excluding hydrogens is 260 g/mol. The molecule has 0 radical (unpaired) electrons. The van der Waals surface area contributed by atoms with Crippen LogP contribution < -0.4 is 5.32 Å². The molecule has 0 saturated carbocycles. The van der Waals surface area contributed by atoms with Gasteiger partial charge in [0.2, 0.25) is 0 Å². The minimum Gasteiger partial charge on any atom is -0.313 e. The molecule has 3 aromatic rings. The number of para-hydroxylation sites is 1. The van der Waals surface area contributed by atoms with E-state index < -0.39 is 0 Å². The molecule has 0 bridgehead atoms. The number of nitrogens with zero attached hydrogens (tertiary/aromatic N) is 3. The lowest BCUT2D eigenvalue weighted by molar-refractivity contribution is 0.572. The van der Waals surface area contributed by atoms with E-state index in [2.05, 4.69) is 58.3 Å². The van der Waals surface area contributed by atoms with Gasteiger partial charge in [0.1, 0.15) is 0 Å². The largest absolute Gasteiger partial charge is 0.313 e. The van der Waals surface area contributed by atoms with Gasteiger partial charge in [0.25, 0.3) is 0 Å². The summed E-state index contributed by atoms with van der Waals surface area (Å²) >= 11 is 0. The van der Waals surface area contributed by atoms with Gasteiger partial charge in [-0.1, -0.05) is 18.2 Å². The van der Waals surface area contributed by atoms with Crippen molar-refractivity contribution in [3.63, 3.8) is 0 Å². The Balaban J connectivity index is 1.97. The topological polar surface area (TPSA) is 42.7 Å². The van der Waals surface area contributed by atoms with Crippen LogP contribution in [-0.2, 0) is 13.0 Å². The van der Waals surface area contributed by atoms with Crippen LogP contribution in [0.4, 0.5) is 0 Å². The van der Waals surface area contributed by atoms with Crippen LogP contribution in [-0.4, -0.2) is 21.8 Å². The van der Waals surface area contributed by atoms with Crippen molar-refractivity contribution in [3.05, 3.63) is 60.0 Å². The van der Waals surface area contributed by atoms with Crippen molar-refractivity contribution < 1.29 is 0 Å². The fraction of sp³-hybridized carbons (Fsp3) is 0.294. The Labute approximate surface area is 124 Å². The highest BCUT2D eigenvalue weighted by atomic mass is 15.3. The van der Waals surface area contributed by atoms with Crippen LogP contribution >= 0.6 is 0 Å². The van der Waals surface area contributed by atoms with Gasteiger partial charge >= 0.3 is 0 Å².